The molecule has 1 aromatic carbocycles. The summed E-state index contributed by atoms with van der Waals surface area (Å²) in [6, 6.07) is 8.17. The second-order valence-electron chi connectivity index (χ2n) is 3.35. The number of fused-ring (bicyclic) bond motifs is 1. The molecule has 0 aliphatic heterocycles. The summed E-state index contributed by atoms with van der Waals surface area (Å²) in [5.74, 6) is 0.826. The Morgan fingerprint density at radius 3 is 2.69 bits per heavy atom. The molecule has 16 heavy (non-hydrogen) atoms. The van der Waals surface area contributed by atoms with Crippen molar-refractivity contribution in [3.05, 3.63) is 40.4 Å². The first-order chi connectivity index (χ1) is 7.83. The van der Waals surface area contributed by atoms with Gasteiger partial charge in [0.1, 0.15) is 17.7 Å². The van der Waals surface area contributed by atoms with Gasteiger partial charge in [-0.15, -0.1) is 0 Å². The quantitative estimate of drug-likeness (QED) is 0.701. The molecule has 1 N–H and O–H groups in total. The van der Waals surface area contributed by atoms with E-state index in [4.69, 9.17) is 0 Å². The molecule has 0 radical (unpaired) electrons. The van der Waals surface area contributed by atoms with Crippen LogP contribution in [0.3, 0.4) is 0 Å². The molecule has 0 spiro atoms. The maximum atomic E-state index is 4.40. The molecule has 4 nitrogen and oxygen atoms in total. The lowest BCUT2D eigenvalue weighted by Crippen LogP contribution is -1.80. The van der Waals surface area contributed by atoms with E-state index in [9.17, 15) is 0 Å². The topological polar surface area (TPSA) is 54.5 Å². The second-order valence-corrected chi connectivity index (χ2v) is 4.60. The molecule has 3 aromatic rings. The van der Waals surface area contributed by atoms with Gasteiger partial charge in [0.05, 0.1) is 6.20 Å². The highest BCUT2D eigenvalue weighted by Gasteiger charge is 2.05. The minimum atomic E-state index is 0.698. The van der Waals surface area contributed by atoms with E-state index in [-0.39, 0.29) is 0 Å². The Morgan fingerprint density at radius 1 is 1.12 bits per heavy atom. The van der Waals surface area contributed by atoms with E-state index in [1.165, 1.54) is 9.90 Å². The van der Waals surface area contributed by atoms with E-state index in [2.05, 4.69) is 54.7 Å². The third-order valence-electron chi connectivity index (χ3n) is 2.28. The summed E-state index contributed by atoms with van der Waals surface area (Å²) in [5.41, 5.74) is 2.61. The van der Waals surface area contributed by atoms with Gasteiger partial charge < -0.3 is 4.98 Å². The smallest absolute Gasteiger partial charge is 0.181 e. The van der Waals surface area contributed by atoms with E-state index in [0.717, 1.165) is 16.9 Å². The molecule has 0 fully saturated rings. The third kappa shape index (κ3) is 1.67. The van der Waals surface area contributed by atoms with Crippen molar-refractivity contribution in [1.82, 2.24) is 19.9 Å². The molecule has 0 atom stereocenters. The number of benzene rings is 1. The highest BCUT2D eigenvalue weighted by atomic mass is 127. The van der Waals surface area contributed by atoms with E-state index in [1.54, 1.807) is 6.20 Å². The van der Waals surface area contributed by atoms with Crippen LogP contribution in [0.25, 0.3) is 22.6 Å². The van der Waals surface area contributed by atoms with Gasteiger partial charge in [-0.1, -0.05) is 12.1 Å². The molecule has 0 bridgehead atoms. The number of halogens is 1. The Morgan fingerprint density at radius 2 is 1.94 bits per heavy atom. The van der Waals surface area contributed by atoms with Gasteiger partial charge in [0.2, 0.25) is 0 Å². The minimum absolute atomic E-state index is 0.698. The SMILES string of the molecule is Ic1ccc(-c2nc3ncncc3[nH]2)cc1. The molecule has 78 valence electrons. The monoisotopic (exact) mass is 322 g/mol. The molecule has 0 unspecified atom stereocenters. The van der Waals surface area contributed by atoms with Crippen LogP contribution in [0.5, 0.6) is 0 Å². The summed E-state index contributed by atoms with van der Waals surface area (Å²) in [6.45, 7) is 0. The Bertz CT molecular complexity index is 597. The largest absolute Gasteiger partial charge is 0.335 e. The van der Waals surface area contributed by atoms with Crippen molar-refractivity contribution in [2.24, 2.45) is 0 Å². The van der Waals surface area contributed by atoms with Gasteiger partial charge in [0.15, 0.2) is 5.65 Å². The van der Waals surface area contributed by atoms with E-state index in [0.29, 0.717) is 5.65 Å². The van der Waals surface area contributed by atoms with Crippen molar-refractivity contribution >= 4 is 33.8 Å². The first-order valence-electron chi connectivity index (χ1n) is 4.74. The summed E-state index contributed by atoms with van der Waals surface area (Å²) in [7, 11) is 0. The van der Waals surface area contributed by atoms with Crippen LogP contribution in [-0.4, -0.2) is 19.9 Å². The minimum Gasteiger partial charge on any atom is -0.335 e. The van der Waals surface area contributed by atoms with Crippen molar-refractivity contribution in [2.75, 3.05) is 0 Å². The number of H-pyrrole nitrogens is 1. The zero-order valence-corrected chi connectivity index (χ0v) is 10.3. The highest BCUT2D eigenvalue weighted by Crippen LogP contribution is 2.19. The van der Waals surface area contributed by atoms with Crippen LogP contribution in [0.15, 0.2) is 36.8 Å². The molecule has 0 saturated heterocycles. The molecular weight excluding hydrogens is 315 g/mol. The Labute approximate surface area is 105 Å². The molecule has 0 saturated carbocycles. The molecule has 0 aliphatic rings. The van der Waals surface area contributed by atoms with Crippen molar-refractivity contribution < 1.29 is 0 Å². The van der Waals surface area contributed by atoms with Crippen LogP contribution in [-0.2, 0) is 0 Å². The zero-order valence-electron chi connectivity index (χ0n) is 8.18. The maximum absolute atomic E-state index is 4.40. The van der Waals surface area contributed by atoms with Gasteiger partial charge in [0, 0.05) is 9.13 Å². The molecule has 2 heterocycles. The summed E-state index contributed by atoms with van der Waals surface area (Å²) in [5, 5.41) is 0. The second kappa shape index (κ2) is 3.82. The number of imidazole rings is 1. The fourth-order valence-corrected chi connectivity index (χ4v) is 1.87. The summed E-state index contributed by atoms with van der Waals surface area (Å²) in [6.07, 6.45) is 3.23. The predicted octanol–water partition coefficient (Wildman–Crippen LogP) is 2.62. The van der Waals surface area contributed by atoms with Crippen LogP contribution in [0.2, 0.25) is 0 Å². The number of hydrogen-bond acceptors (Lipinski definition) is 3. The van der Waals surface area contributed by atoms with Gasteiger partial charge in [-0.2, -0.15) is 0 Å². The first-order valence-corrected chi connectivity index (χ1v) is 5.82. The van der Waals surface area contributed by atoms with Crippen molar-refractivity contribution in [2.45, 2.75) is 0 Å². The molecule has 0 aliphatic carbocycles. The molecule has 2 aromatic heterocycles. The number of nitrogens with one attached hydrogen (secondary N) is 1. The Hall–Kier alpha value is -1.50. The van der Waals surface area contributed by atoms with Crippen LogP contribution < -0.4 is 0 Å². The highest BCUT2D eigenvalue weighted by molar-refractivity contribution is 14.1. The Balaban J connectivity index is 2.15. The molecule has 0 amide bonds. The Kier molecular flexibility index (Phi) is 2.32. The van der Waals surface area contributed by atoms with Crippen LogP contribution in [0.4, 0.5) is 0 Å². The van der Waals surface area contributed by atoms with Crippen molar-refractivity contribution in [1.29, 1.82) is 0 Å². The summed E-state index contributed by atoms with van der Waals surface area (Å²) >= 11 is 2.28. The van der Waals surface area contributed by atoms with Crippen molar-refractivity contribution in [3.63, 3.8) is 0 Å². The lowest BCUT2D eigenvalue weighted by Gasteiger charge is -1.95. The van der Waals surface area contributed by atoms with E-state index in [1.807, 2.05) is 12.1 Å². The van der Waals surface area contributed by atoms with Gasteiger partial charge in [-0.05, 0) is 34.7 Å². The lowest BCUT2D eigenvalue weighted by atomic mass is 10.2. The fraction of sp³-hybridized carbons (Fsp3) is 0. The van der Waals surface area contributed by atoms with Crippen molar-refractivity contribution in [3.8, 4) is 11.4 Å². The van der Waals surface area contributed by atoms with Crippen LogP contribution in [0, 0.1) is 3.57 Å². The maximum Gasteiger partial charge on any atom is 0.181 e. The van der Waals surface area contributed by atoms with Crippen LogP contribution >= 0.6 is 22.6 Å². The molecular formula is C11H7IN4. The first kappa shape index (κ1) is 9.71. The van der Waals surface area contributed by atoms with Crippen LogP contribution in [0.1, 0.15) is 0 Å². The number of aromatic amines is 1. The van der Waals surface area contributed by atoms with E-state index < -0.39 is 0 Å². The number of hydrogen-bond donors (Lipinski definition) is 1. The number of aromatic nitrogens is 4. The third-order valence-corrected chi connectivity index (χ3v) is 3.00. The number of nitrogens with zero attached hydrogens (tertiary/aromatic N) is 3. The van der Waals surface area contributed by atoms with E-state index >= 15 is 0 Å². The molecule has 5 heteroatoms. The van der Waals surface area contributed by atoms with Gasteiger partial charge >= 0.3 is 0 Å². The normalized spacial score (nSPS) is 10.8. The molecule has 3 rings (SSSR count). The average Bonchev–Trinajstić information content (AvgIpc) is 2.73. The fourth-order valence-electron chi connectivity index (χ4n) is 1.51. The van der Waals surface area contributed by atoms with Gasteiger partial charge in [-0.25, -0.2) is 15.0 Å². The predicted molar refractivity (Wildman–Crippen MR) is 69.8 cm³/mol. The number of rotatable bonds is 1. The standard InChI is InChI=1S/C11H7IN4/c12-8-3-1-7(2-4-8)10-15-9-5-13-6-14-11(9)16-10/h1-6H,(H,13,14,15,16). The van der Waals surface area contributed by atoms with Gasteiger partial charge in [-0.3, -0.25) is 0 Å². The lowest BCUT2D eigenvalue weighted by molar-refractivity contribution is 1.20. The summed E-state index contributed by atoms with van der Waals surface area (Å²) < 4.78 is 1.21. The van der Waals surface area contributed by atoms with Gasteiger partial charge in [0.25, 0.3) is 0 Å². The average molecular weight is 322 g/mol. The summed E-state index contributed by atoms with van der Waals surface area (Å²) in [4.78, 5) is 15.6. The zero-order chi connectivity index (χ0) is 11.0.